The SMILES string of the molecule is CC[C@@H]1CN(Cc2cc(C(c3ccc4c(nnn4CC)c3C)C(C)(C)C(=O)N[C@H]3CCOC3)ccc2C)S(=O)(=O)c2cccnc2O1. The van der Waals surface area contributed by atoms with Crippen molar-refractivity contribution < 1.29 is 22.7 Å². The zero-order valence-corrected chi connectivity index (χ0v) is 28.8. The van der Waals surface area contributed by atoms with Crippen LogP contribution in [-0.4, -0.2) is 70.5 Å². The van der Waals surface area contributed by atoms with Gasteiger partial charge in [0.05, 0.1) is 30.1 Å². The minimum Gasteiger partial charge on any atom is -0.472 e. The minimum absolute atomic E-state index is 0.0385. The largest absolute Gasteiger partial charge is 0.472 e. The fourth-order valence-corrected chi connectivity index (χ4v) is 8.30. The third-order valence-corrected chi connectivity index (χ3v) is 11.5. The van der Waals surface area contributed by atoms with Crippen LogP contribution in [0.2, 0.25) is 0 Å². The number of aryl methyl sites for hydroxylation is 3. The zero-order chi connectivity index (χ0) is 33.5. The highest BCUT2D eigenvalue weighted by molar-refractivity contribution is 7.89. The average molecular weight is 661 g/mol. The molecule has 47 heavy (non-hydrogen) atoms. The van der Waals surface area contributed by atoms with Crippen LogP contribution in [0.1, 0.15) is 74.3 Å². The number of aromatic nitrogens is 4. The van der Waals surface area contributed by atoms with Crippen molar-refractivity contribution in [1.82, 2.24) is 29.6 Å². The fraction of sp³-hybridized carbons (Fsp3) is 0.486. The molecule has 1 unspecified atom stereocenters. The number of hydrogen-bond acceptors (Lipinski definition) is 8. The first-order chi connectivity index (χ1) is 22.4. The summed E-state index contributed by atoms with van der Waals surface area (Å²) in [4.78, 5) is 18.4. The Labute approximate surface area is 276 Å². The molecule has 250 valence electrons. The fourth-order valence-electron chi connectivity index (χ4n) is 6.78. The van der Waals surface area contributed by atoms with Gasteiger partial charge < -0.3 is 14.8 Å². The molecule has 12 heteroatoms. The van der Waals surface area contributed by atoms with E-state index in [-0.39, 0.29) is 47.8 Å². The molecule has 11 nitrogen and oxygen atoms in total. The normalized spacial score (nSPS) is 20.4. The third-order valence-electron chi connectivity index (χ3n) is 9.71. The maximum Gasteiger partial charge on any atom is 0.248 e. The lowest BCUT2D eigenvalue weighted by Gasteiger charge is -2.36. The number of carbonyl (C=O) groups excluding carboxylic acids is 1. The Balaban J connectivity index is 1.44. The number of benzene rings is 2. The van der Waals surface area contributed by atoms with E-state index in [9.17, 15) is 13.2 Å². The molecule has 4 heterocycles. The van der Waals surface area contributed by atoms with Crippen LogP contribution in [0, 0.1) is 19.3 Å². The van der Waals surface area contributed by atoms with Gasteiger partial charge in [-0.25, -0.2) is 18.1 Å². The number of carbonyl (C=O) groups is 1. The molecule has 3 atom stereocenters. The van der Waals surface area contributed by atoms with Gasteiger partial charge in [0.1, 0.15) is 16.5 Å². The number of rotatable bonds is 9. The number of amides is 1. The van der Waals surface area contributed by atoms with Gasteiger partial charge in [0.15, 0.2) is 0 Å². The van der Waals surface area contributed by atoms with Crippen LogP contribution in [0.4, 0.5) is 0 Å². The van der Waals surface area contributed by atoms with E-state index in [0.29, 0.717) is 26.2 Å². The summed E-state index contributed by atoms with van der Waals surface area (Å²) in [6, 6.07) is 13.4. The van der Waals surface area contributed by atoms with Crippen molar-refractivity contribution in [3.8, 4) is 5.88 Å². The van der Waals surface area contributed by atoms with Gasteiger partial charge >= 0.3 is 0 Å². The van der Waals surface area contributed by atoms with Crippen molar-refractivity contribution in [2.75, 3.05) is 19.8 Å². The Hall–Kier alpha value is -3.87. The van der Waals surface area contributed by atoms with E-state index in [2.05, 4.69) is 38.8 Å². The second-order valence-corrected chi connectivity index (χ2v) is 15.1. The van der Waals surface area contributed by atoms with Gasteiger partial charge in [0, 0.05) is 31.8 Å². The smallest absolute Gasteiger partial charge is 0.248 e. The van der Waals surface area contributed by atoms with Crippen molar-refractivity contribution >= 4 is 27.0 Å². The van der Waals surface area contributed by atoms with Gasteiger partial charge in [-0.1, -0.05) is 50.3 Å². The van der Waals surface area contributed by atoms with E-state index in [1.165, 1.54) is 4.31 Å². The summed E-state index contributed by atoms with van der Waals surface area (Å²) in [7, 11) is -3.90. The van der Waals surface area contributed by atoms with E-state index in [4.69, 9.17) is 9.47 Å². The Morgan fingerprint density at radius 3 is 2.68 bits per heavy atom. The van der Waals surface area contributed by atoms with Gasteiger partial charge in [0.2, 0.25) is 21.8 Å². The molecule has 2 aliphatic rings. The van der Waals surface area contributed by atoms with Crippen molar-refractivity contribution in [1.29, 1.82) is 0 Å². The topological polar surface area (TPSA) is 129 Å². The second kappa shape index (κ2) is 13.0. The van der Waals surface area contributed by atoms with E-state index < -0.39 is 15.4 Å². The lowest BCUT2D eigenvalue weighted by Crippen LogP contribution is -2.46. The predicted octanol–water partition coefficient (Wildman–Crippen LogP) is 4.89. The molecule has 1 amide bonds. The molecule has 6 rings (SSSR count). The molecule has 4 aromatic rings. The molecular formula is C35H44N6O5S. The Bertz CT molecular complexity index is 1900. The van der Waals surface area contributed by atoms with E-state index in [0.717, 1.165) is 45.3 Å². The number of fused-ring (bicyclic) bond motifs is 2. The van der Waals surface area contributed by atoms with Crippen LogP contribution in [0.15, 0.2) is 53.6 Å². The summed E-state index contributed by atoms with van der Waals surface area (Å²) in [5, 5.41) is 12.1. The molecule has 1 fully saturated rings. The summed E-state index contributed by atoms with van der Waals surface area (Å²) >= 11 is 0. The number of nitrogens with one attached hydrogen (secondary N) is 1. The number of hydrogen-bond donors (Lipinski definition) is 1. The van der Waals surface area contributed by atoms with Crippen LogP contribution in [0.3, 0.4) is 0 Å². The number of sulfonamides is 1. The van der Waals surface area contributed by atoms with Crippen molar-refractivity contribution in [3.05, 3.63) is 76.5 Å². The molecule has 0 spiro atoms. The highest BCUT2D eigenvalue weighted by Crippen LogP contribution is 2.44. The molecule has 1 saturated heterocycles. The highest BCUT2D eigenvalue weighted by atomic mass is 32.2. The summed E-state index contributed by atoms with van der Waals surface area (Å²) < 4.78 is 42.9. The minimum atomic E-state index is -3.90. The lowest BCUT2D eigenvalue weighted by molar-refractivity contribution is -0.130. The first kappa shape index (κ1) is 33.0. The van der Waals surface area contributed by atoms with Crippen LogP contribution >= 0.6 is 0 Å². The first-order valence-electron chi connectivity index (χ1n) is 16.4. The number of ether oxygens (including phenoxy) is 2. The van der Waals surface area contributed by atoms with Crippen molar-refractivity contribution in [2.24, 2.45) is 5.41 Å². The Morgan fingerprint density at radius 1 is 1.15 bits per heavy atom. The standard InChI is InChI=1S/C35H44N6O5S/c1-7-27-20-40(47(43,44)30-10-9-16-36-33(30)46-27)19-25-18-24(12-11-22(25)3)31(35(5,6)34(42)37-26-15-17-45-21-26)28-13-14-29-32(23(28)4)38-39-41(29)8-2/h9-14,16,18,26-27,31H,7-8,15,17,19-21H2,1-6H3,(H,37,42)/t26-,27+,31?/m0/s1. The van der Waals surface area contributed by atoms with Gasteiger partial charge in [-0.3, -0.25) is 4.79 Å². The number of nitrogens with zero attached hydrogens (tertiary/aromatic N) is 5. The molecule has 0 radical (unpaired) electrons. The average Bonchev–Trinajstić information content (AvgIpc) is 3.71. The molecule has 2 aromatic carbocycles. The Kier molecular flexibility index (Phi) is 9.12. The molecule has 2 aliphatic heterocycles. The highest BCUT2D eigenvalue weighted by Gasteiger charge is 2.42. The van der Waals surface area contributed by atoms with E-state index in [1.54, 1.807) is 18.3 Å². The van der Waals surface area contributed by atoms with Gasteiger partial charge in [-0.05, 0) is 79.6 Å². The van der Waals surface area contributed by atoms with Crippen LogP contribution in [0.5, 0.6) is 5.88 Å². The number of pyridine rings is 1. The van der Waals surface area contributed by atoms with Crippen LogP contribution in [-0.2, 0) is 32.6 Å². The van der Waals surface area contributed by atoms with Crippen LogP contribution in [0.25, 0.3) is 11.0 Å². The summed E-state index contributed by atoms with van der Waals surface area (Å²) in [5.41, 5.74) is 5.50. The molecular weight excluding hydrogens is 616 g/mol. The third kappa shape index (κ3) is 6.14. The Morgan fingerprint density at radius 2 is 1.96 bits per heavy atom. The monoisotopic (exact) mass is 660 g/mol. The predicted molar refractivity (Wildman–Crippen MR) is 179 cm³/mol. The van der Waals surface area contributed by atoms with Crippen molar-refractivity contribution in [2.45, 2.75) is 90.4 Å². The lowest BCUT2D eigenvalue weighted by atomic mass is 9.69. The van der Waals surface area contributed by atoms with Crippen molar-refractivity contribution in [3.63, 3.8) is 0 Å². The molecule has 1 N–H and O–H groups in total. The second-order valence-electron chi connectivity index (χ2n) is 13.2. The molecule has 0 bridgehead atoms. The molecule has 0 saturated carbocycles. The first-order valence-corrected chi connectivity index (χ1v) is 17.8. The van der Waals surface area contributed by atoms with E-state index in [1.807, 2.05) is 58.4 Å². The summed E-state index contributed by atoms with van der Waals surface area (Å²) in [5.74, 6) is -0.310. The van der Waals surface area contributed by atoms with Gasteiger partial charge in [0.25, 0.3) is 0 Å². The molecule has 2 aromatic heterocycles. The maximum absolute atomic E-state index is 14.1. The molecule has 0 aliphatic carbocycles. The van der Waals surface area contributed by atoms with Crippen LogP contribution < -0.4 is 10.1 Å². The summed E-state index contributed by atoms with van der Waals surface area (Å²) in [6.07, 6.45) is 2.61. The zero-order valence-electron chi connectivity index (χ0n) is 28.0. The van der Waals surface area contributed by atoms with Gasteiger partial charge in [-0.15, -0.1) is 5.10 Å². The van der Waals surface area contributed by atoms with E-state index >= 15 is 0 Å². The maximum atomic E-state index is 14.1. The van der Waals surface area contributed by atoms with Gasteiger partial charge in [-0.2, -0.15) is 4.31 Å². The quantitative estimate of drug-likeness (QED) is 0.269. The summed E-state index contributed by atoms with van der Waals surface area (Å²) in [6.45, 7) is 14.1.